The summed E-state index contributed by atoms with van der Waals surface area (Å²) in [5, 5.41) is 0. The van der Waals surface area contributed by atoms with Gasteiger partial charge in [0.15, 0.2) is 0 Å². The molecule has 0 saturated carbocycles. The average Bonchev–Trinajstić information content (AvgIpc) is 2.17. The molecule has 82 valence electrons. The van der Waals surface area contributed by atoms with Crippen molar-refractivity contribution in [2.24, 2.45) is 11.7 Å². The minimum absolute atomic E-state index is 0.326. The zero-order chi connectivity index (χ0) is 11.0. The number of benzene rings is 1. The Balaban J connectivity index is 2.48. The van der Waals surface area contributed by atoms with Crippen LogP contribution in [0.1, 0.15) is 37.3 Å². The second-order valence-electron chi connectivity index (χ2n) is 4.78. The van der Waals surface area contributed by atoms with E-state index >= 15 is 0 Å². The van der Waals surface area contributed by atoms with E-state index in [0.717, 1.165) is 12.8 Å². The molecule has 0 amide bonds. The summed E-state index contributed by atoms with van der Waals surface area (Å²) in [5.74, 6) is 1.14. The lowest BCUT2D eigenvalue weighted by Gasteiger charge is -2.34. The molecule has 1 nitrogen and oxygen atoms in total. The predicted molar refractivity (Wildman–Crippen MR) is 68.0 cm³/mol. The van der Waals surface area contributed by atoms with Crippen LogP contribution in [-0.4, -0.2) is 6.04 Å². The molecule has 0 bridgehead atoms. The third-order valence-electron chi connectivity index (χ3n) is 3.42. The van der Waals surface area contributed by atoms with Crippen LogP contribution in [0.25, 0.3) is 0 Å². The first kappa shape index (κ1) is 11.2. The van der Waals surface area contributed by atoms with Gasteiger partial charge in [0.25, 0.3) is 0 Å². The second kappa shape index (κ2) is 4.26. The number of fused-ring (bicyclic) bond motifs is 1. The maximum atomic E-state index is 6.23. The highest BCUT2D eigenvalue weighted by molar-refractivity contribution is 9.10. The third kappa shape index (κ3) is 1.98. The van der Waals surface area contributed by atoms with E-state index in [-0.39, 0.29) is 0 Å². The Labute approximate surface area is 100 Å². The summed E-state index contributed by atoms with van der Waals surface area (Å²) >= 11 is 3.64. The minimum Gasteiger partial charge on any atom is -0.327 e. The molecule has 0 radical (unpaired) electrons. The van der Waals surface area contributed by atoms with Gasteiger partial charge in [0.1, 0.15) is 0 Å². The van der Waals surface area contributed by atoms with Gasteiger partial charge in [-0.05, 0) is 36.0 Å². The first-order valence-electron chi connectivity index (χ1n) is 5.64. The van der Waals surface area contributed by atoms with Crippen molar-refractivity contribution in [2.45, 2.75) is 38.6 Å². The van der Waals surface area contributed by atoms with Gasteiger partial charge in [-0.1, -0.05) is 41.9 Å². The first-order chi connectivity index (χ1) is 7.11. The summed E-state index contributed by atoms with van der Waals surface area (Å²) in [6.07, 6.45) is 2.22. The largest absolute Gasteiger partial charge is 0.327 e. The summed E-state index contributed by atoms with van der Waals surface area (Å²) in [6.45, 7) is 4.53. The molecular weight excluding hydrogens is 250 g/mol. The van der Waals surface area contributed by atoms with Crippen molar-refractivity contribution < 1.29 is 0 Å². The SMILES string of the molecule is CC(C)C1c2cccc(Br)c2CCC1N. The van der Waals surface area contributed by atoms with Crippen LogP contribution in [-0.2, 0) is 6.42 Å². The Bertz CT molecular complexity index is 360. The van der Waals surface area contributed by atoms with E-state index in [1.165, 1.54) is 15.6 Å². The van der Waals surface area contributed by atoms with Gasteiger partial charge < -0.3 is 5.73 Å². The molecule has 15 heavy (non-hydrogen) atoms. The van der Waals surface area contributed by atoms with Crippen molar-refractivity contribution in [3.05, 3.63) is 33.8 Å². The molecule has 1 aromatic rings. The summed E-state index contributed by atoms with van der Waals surface area (Å²) in [7, 11) is 0. The summed E-state index contributed by atoms with van der Waals surface area (Å²) < 4.78 is 1.25. The van der Waals surface area contributed by atoms with E-state index in [0.29, 0.717) is 17.9 Å². The van der Waals surface area contributed by atoms with Crippen molar-refractivity contribution in [1.82, 2.24) is 0 Å². The standard InChI is InChI=1S/C13H18BrN/c1-8(2)13-10-4-3-5-11(14)9(10)6-7-12(13)15/h3-5,8,12-13H,6-7,15H2,1-2H3. The summed E-state index contributed by atoms with van der Waals surface area (Å²) in [4.78, 5) is 0. The van der Waals surface area contributed by atoms with E-state index in [4.69, 9.17) is 5.73 Å². The van der Waals surface area contributed by atoms with Crippen molar-refractivity contribution in [3.8, 4) is 0 Å². The first-order valence-corrected chi connectivity index (χ1v) is 6.43. The maximum Gasteiger partial charge on any atom is 0.0210 e. The Morgan fingerprint density at radius 2 is 2.13 bits per heavy atom. The van der Waals surface area contributed by atoms with Crippen LogP contribution in [0.5, 0.6) is 0 Å². The highest BCUT2D eigenvalue weighted by Crippen LogP contribution is 2.38. The Morgan fingerprint density at radius 3 is 2.80 bits per heavy atom. The van der Waals surface area contributed by atoms with E-state index in [1.807, 2.05) is 0 Å². The molecule has 0 aliphatic heterocycles. The fraction of sp³-hybridized carbons (Fsp3) is 0.538. The number of hydrogen-bond acceptors (Lipinski definition) is 1. The highest BCUT2D eigenvalue weighted by Gasteiger charge is 2.29. The van der Waals surface area contributed by atoms with Crippen molar-refractivity contribution in [2.75, 3.05) is 0 Å². The van der Waals surface area contributed by atoms with Gasteiger partial charge in [0.05, 0.1) is 0 Å². The fourth-order valence-corrected chi connectivity index (χ4v) is 3.31. The molecule has 1 aliphatic rings. The zero-order valence-electron chi connectivity index (χ0n) is 9.33. The number of rotatable bonds is 1. The van der Waals surface area contributed by atoms with Crippen LogP contribution in [0.2, 0.25) is 0 Å². The maximum absolute atomic E-state index is 6.23. The average molecular weight is 268 g/mol. The minimum atomic E-state index is 0.326. The van der Waals surface area contributed by atoms with Crippen molar-refractivity contribution >= 4 is 15.9 Å². The number of hydrogen-bond donors (Lipinski definition) is 1. The molecule has 0 spiro atoms. The third-order valence-corrected chi connectivity index (χ3v) is 4.16. The van der Waals surface area contributed by atoms with Gasteiger partial charge >= 0.3 is 0 Å². The van der Waals surface area contributed by atoms with Gasteiger partial charge in [-0.25, -0.2) is 0 Å². The van der Waals surface area contributed by atoms with Gasteiger partial charge in [-0.3, -0.25) is 0 Å². The predicted octanol–water partition coefficient (Wildman–Crippen LogP) is 3.46. The van der Waals surface area contributed by atoms with Crippen molar-refractivity contribution in [3.63, 3.8) is 0 Å². The molecule has 2 atom stereocenters. The summed E-state index contributed by atoms with van der Waals surface area (Å²) in [6, 6.07) is 6.82. The molecule has 0 fully saturated rings. The van der Waals surface area contributed by atoms with Gasteiger partial charge in [-0.2, -0.15) is 0 Å². The molecule has 1 aliphatic carbocycles. The van der Waals surface area contributed by atoms with E-state index in [1.54, 1.807) is 0 Å². The molecule has 0 heterocycles. The number of halogens is 1. The van der Waals surface area contributed by atoms with E-state index in [9.17, 15) is 0 Å². The second-order valence-corrected chi connectivity index (χ2v) is 5.63. The molecular formula is C13H18BrN. The lowest BCUT2D eigenvalue weighted by atomic mass is 9.74. The van der Waals surface area contributed by atoms with Crippen LogP contribution in [0.3, 0.4) is 0 Å². The Morgan fingerprint density at radius 1 is 1.40 bits per heavy atom. The Kier molecular flexibility index (Phi) is 3.17. The normalized spacial score (nSPS) is 25.4. The van der Waals surface area contributed by atoms with Crippen LogP contribution < -0.4 is 5.73 Å². The number of nitrogens with two attached hydrogens (primary N) is 1. The fourth-order valence-electron chi connectivity index (χ4n) is 2.73. The van der Waals surface area contributed by atoms with Gasteiger partial charge in [0, 0.05) is 16.4 Å². The molecule has 2 rings (SSSR count). The molecule has 0 aromatic heterocycles. The molecule has 1 aromatic carbocycles. The summed E-state index contributed by atoms with van der Waals surface area (Å²) in [5.41, 5.74) is 9.16. The molecule has 2 heteroatoms. The van der Waals surface area contributed by atoms with Gasteiger partial charge in [-0.15, -0.1) is 0 Å². The van der Waals surface area contributed by atoms with Crippen LogP contribution in [0, 0.1) is 5.92 Å². The Hall–Kier alpha value is -0.340. The van der Waals surface area contributed by atoms with Crippen molar-refractivity contribution in [1.29, 1.82) is 0 Å². The molecule has 2 unspecified atom stereocenters. The smallest absolute Gasteiger partial charge is 0.0210 e. The lowest BCUT2D eigenvalue weighted by Crippen LogP contribution is -2.36. The van der Waals surface area contributed by atoms with Gasteiger partial charge in [0.2, 0.25) is 0 Å². The topological polar surface area (TPSA) is 26.0 Å². The molecule has 2 N–H and O–H groups in total. The zero-order valence-corrected chi connectivity index (χ0v) is 10.9. The monoisotopic (exact) mass is 267 g/mol. The highest BCUT2D eigenvalue weighted by atomic mass is 79.9. The molecule has 0 saturated heterocycles. The van der Waals surface area contributed by atoms with E-state index in [2.05, 4.69) is 48.0 Å². The van der Waals surface area contributed by atoms with Crippen LogP contribution >= 0.6 is 15.9 Å². The lowest BCUT2D eigenvalue weighted by molar-refractivity contribution is 0.379. The van der Waals surface area contributed by atoms with E-state index < -0.39 is 0 Å². The van der Waals surface area contributed by atoms with Crippen LogP contribution in [0.4, 0.5) is 0 Å². The quantitative estimate of drug-likeness (QED) is 0.829. The van der Waals surface area contributed by atoms with Crippen LogP contribution in [0.15, 0.2) is 22.7 Å².